The minimum Gasteiger partial charge on any atom is -0.316 e. The Kier molecular flexibility index (Phi) is 2.84. The molecule has 0 aliphatic carbocycles. The maximum absolute atomic E-state index is 13.1. The van der Waals surface area contributed by atoms with Crippen molar-refractivity contribution in [2.24, 2.45) is 11.8 Å². The molecule has 1 aromatic rings. The zero-order valence-corrected chi connectivity index (χ0v) is 10.5. The van der Waals surface area contributed by atoms with E-state index in [0.29, 0.717) is 24.9 Å². The van der Waals surface area contributed by atoms with Gasteiger partial charge in [-0.3, -0.25) is 4.98 Å². The van der Waals surface area contributed by atoms with Gasteiger partial charge in [-0.2, -0.15) is 4.31 Å². The average Bonchev–Trinajstić information content (AvgIpc) is 2.89. The molecular weight excluding hydrogens is 257 g/mol. The van der Waals surface area contributed by atoms with Crippen molar-refractivity contribution in [2.45, 2.75) is 4.90 Å². The quantitative estimate of drug-likeness (QED) is 0.826. The van der Waals surface area contributed by atoms with E-state index in [1.807, 2.05) is 0 Å². The number of sulfonamides is 1. The number of aromatic nitrogens is 1. The summed E-state index contributed by atoms with van der Waals surface area (Å²) in [7, 11) is -3.60. The van der Waals surface area contributed by atoms with Crippen LogP contribution in [0.15, 0.2) is 23.4 Å². The Bertz CT molecular complexity index is 551. The van der Waals surface area contributed by atoms with Crippen LogP contribution in [0.4, 0.5) is 4.39 Å². The molecule has 2 aliphatic rings. The highest BCUT2D eigenvalue weighted by molar-refractivity contribution is 7.89. The van der Waals surface area contributed by atoms with E-state index in [0.717, 1.165) is 25.4 Å². The van der Waals surface area contributed by atoms with Crippen molar-refractivity contribution in [2.75, 3.05) is 26.2 Å². The van der Waals surface area contributed by atoms with Gasteiger partial charge in [-0.1, -0.05) is 0 Å². The summed E-state index contributed by atoms with van der Waals surface area (Å²) in [5, 5.41) is 3.25. The fourth-order valence-electron chi connectivity index (χ4n) is 2.69. The van der Waals surface area contributed by atoms with Gasteiger partial charge in [0.1, 0.15) is 10.7 Å². The highest BCUT2D eigenvalue weighted by Gasteiger charge is 2.41. The molecule has 0 spiro atoms. The van der Waals surface area contributed by atoms with Gasteiger partial charge in [-0.25, -0.2) is 12.8 Å². The van der Waals surface area contributed by atoms with E-state index >= 15 is 0 Å². The van der Waals surface area contributed by atoms with Crippen molar-refractivity contribution in [3.63, 3.8) is 0 Å². The van der Waals surface area contributed by atoms with Gasteiger partial charge < -0.3 is 5.32 Å². The van der Waals surface area contributed by atoms with Gasteiger partial charge >= 0.3 is 0 Å². The standard InChI is InChI=1S/C11H14FN3O2S/c12-10-1-11(5-14-4-10)18(16,17)15-6-8-2-13-3-9(8)7-15/h1,4-5,8-9,13H,2-3,6-7H2. The van der Waals surface area contributed by atoms with Crippen LogP contribution in [0.5, 0.6) is 0 Å². The lowest BCUT2D eigenvalue weighted by Gasteiger charge is -2.17. The first-order valence-electron chi connectivity index (χ1n) is 5.89. The molecule has 2 unspecified atom stereocenters. The predicted molar refractivity (Wildman–Crippen MR) is 62.8 cm³/mol. The second-order valence-electron chi connectivity index (χ2n) is 4.84. The molecule has 2 aliphatic heterocycles. The Hall–Kier alpha value is -1.05. The van der Waals surface area contributed by atoms with Crippen LogP contribution in [0.3, 0.4) is 0 Å². The van der Waals surface area contributed by atoms with E-state index in [9.17, 15) is 12.8 Å². The molecular formula is C11H14FN3O2S. The third-order valence-corrected chi connectivity index (χ3v) is 5.47. The summed E-state index contributed by atoms with van der Waals surface area (Å²) < 4.78 is 39.1. The summed E-state index contributed by atoms with van der Waals surface area (Å²) in [6, 6.07) is 1.02. The number of fused-ring (bicyclic) bond motifs is 1. The molecule has 7 heteroatoms. The van der Waals surface area contributed by atoms with Crippen molar-refractivity contribution in [1.29, 1.82) is 0 Å². The second kappa shape index (κ2) is 4.25. The van der Waals surface area contributed by atoms with Crippen molar-refractivity contribution < 1.29 is 12.8 Å². The third kappa shape index (κ3) is 1.92. The predicted octanol–water partition coefficient (Wildman–Crippen LogP) is 0.0606. The number of hydrogen-bond donors (Lipinski definition) is 1. The van der Waals surface area contributed by atoms with Crippen LogP contribution in [0.2, 0.25) is 0 Å². The van der Waals surface area contributed by atoms with Crippen LogP contribution in [0.1, 0.15) is 0 Å². The zero-order valence-electron chi connectivity index (χ0n) is 9.71. The molecule has 2 atom stereocenters. The van der Waals surface area contributed by atoms with Gasteiger partial charge in [0.2, 0.25) is 10.0 Å². The molecule has 2 fully saturated rings. The van der Waals surface area contributed by atoms with Crippen LogP contribution in [0, 0.1) is 17.7 Å². The first-order valence-corrected chi connectivity index (χ1v) is 7.33. The number of nitrogens with one attached hydrogen (secondary N) is 1. The van der Waals surface area contributed by atoms with Gasteiger partial charge in [0.25, 0.3) is 0 Å². The number of nitrogens with zero attached hydrogens (tertiary/aromatic N) is 2. The molecule has 0 radical (unpaired) electrons. The summed E-state index contributed by atoms with van der Waals surface area (Å²) in [4.78, 5) is 3.54. The van der Waals surface area contributed by atoms with E-state index in [2.05, 4.69) is 10.3 Å². The van der Waals surface area contributed by atoms with E-state index < -0.39 is 15.8 Å². The molecule has 1 aromatic heterocycles. The minimum absolute atomic E-state index is 0.0598. The van der Waals surface area contributed by atoms with Crippen molar-refractivity contribution >= 4 is 10.0 Å². The summed E-state index contributed by atoms with van der Waals surface area (Å²) in [6.07, 6.45) is 2.20. The largest absolute Gasteiger partial charge is 0.316 e. The molecule has 1 N–H and O–H groups in total. The number of pyridine rings is 1. The number of halogens is 1. The molecule has 5 nitrogen and oxygen atoms in total. The zero-order chi connectivity index (χ0) is 12.8. The third-order valence-electron chi connectivity index (χ3n) is 3.67. The number of hydrogen-bond acceptors (Lipinski definition) is 4. The van der Waals surface area contributed by atoms with Crippen LogP contribution in [0.25, 0.3) is 0 Å². The molecule has 3 heterocycles. The first kappa shape index (κ1) is 12.0. The molecule has 0 saturated carbocycles. The lowest BCUT2D eigenvalue weighted by molar-refractivity contribution is 0.447. The SMILES string of the molecule is O=S(=O)(c1cncc(F)c1)N1CC2CNCC2C1. The maximum Gasteiger partial charge on any atom is 0.244 e. The van der Waals surface area contributed by atoms with Crippen LogP contribution < -0.4 is 5.32 Å². The van der Waals surface area contributed by atoms with Crippen LogP contribution in [-0.4, -0.2) is 43.9 Å². The number of rotatable bonds is 2. The molecule has 0 bridgehead atoms. The topological polar surface area (TPSA) is 62.3 Å². The lowest BCUT2D eigenvalue weighted by Crippen LogP contribution is -2.32. The molecule has 18 heavy (non-hydrogen) atoms. The molecule has 2 saturated heterocycles. The average molecular weight is 271 g/mol. The monoisotopic (exact) mass is 271 g/mol. The van der Waals surface area contributed by atoms with E-state index in [1.54, 1.807) is 0 Å². The summed E-state index contributed by atoms with van der Waals surface area (Å²) >= 11 is 0. The Morgan fingerprint density at radius 1 is 1.28 bits per heavy atom. The molecule has 98 valence electrons. The van der Waals surface area contributed by atoms with E-state index in [1.165, 1.54) is 10.5 Å². The fraction of sp³-hybridized carbons (Fsp3) is 0.545. The van der Waals surface area contributed by atoms with Gasteiger partial charge in [0.05, 0.1) is 6.20 Å². The second-order valence-corrected chi connectivity index (χ2v) is 6.78. The van der Waals surface area contributed by atoms with Gasteiger partial charge in [0, 0.05) is 19.3 Å². The van der Waals surface area contributed by atoms with Crippen LogP contribution >= 0.6 is 0 Å². The van der Waals surface area contributed by atoms with Crippen molar-refractivity contribution in [1.82, 2.24) is 14.6 Å². The highest BCUT2D eigenvalue weighted by Crippen LogP contribution is 2.30. The van der Waals surface area contributed by atoms with Gasteiger partial charge in [0.15, 0.2) is 0 Å². The van der Waals surface area contributed by atoms with Crippen LogP contribution in [-0.2, 0) is 10.0 Å². The van der Waals surface area contributed by atoms with E-state index in [4.69, 9.17) is 0 Å². The fourth-order valence-corrected chi connectivity index (χ4v) is 4.22. The molecule has 0 aromatic carbocycles. The summed E-state index contributed by atoms with van der Waals surface area (Å²) in [5.74, 6) is 0.125. The smallest absolute Gasteiger partial charge is 0.244 e. The van der Waals surface area contributed by atoms with E-state index in [-0.39, 0.29) is 4.90 Å². The van der Waals surface area contributed by atoms with Gasteiger partial charge in [-0.05, 0) is 31.0 Å². The maximum atomic E-state index is 13.1. The Morgan fingerprint density at radius 2 is 1.94 bits per heavy atom. The lowest BCUT2D eigenvalue weighted by atomic mass is 10.0. The summed E-state index contributed by atoms with van der Waals surface area (Å²) in [5.41, 5.74) is 0. The van der Waals surface area contributed by atoms with Gasteiger partial charge in [-0.15, -0.1) is 0 Å². The minimum atomic E-state index is -3.60. The first-order chi connectivity index (χ1) is 8.57. The van der Waals surface area contributed by atoms with Crippen molar-refractivity contribution in [3.05, 3.63) is 24.3 Å². The normalized spacial score (nSPS) is 28.5. The highest BCUT2D eigenvalue weighted by atomic mass is 32.2. The van der Waals surface area contributed by atoms with Crippen molar-refractivity contribution in [3.8, 4) is 0 Å². The molecule has 0 amide bonds. The summed E-state index contributed by atoms with van der Waals surface area (Å²) in [6.45, 7) is 2.74. The molecule has 3 rings (SSSR count). The Labute approximate surface area is 105 Å². The Morgan fingerprint density at radius 3 is 2.56 bits per heavy atom. The Balaban J connectivity index is 1.87.